The van der Waals surface area contributed by atoms with Crippen LogP contribution in [0, 0.1) is 0 Å². The summed E-state index contributed by atoms with van der Waals surface area (Å²) in [7, 11) is 0. The van der Waals surface area contributed by atoms with Crippen molar-refractivity contribution >= 4 is 17.5 Å². The summed E-state index contributed by atoms with van der Waals surface area (Å²) in [5.74, 6) is 0.459. The van der Waals surface area contributed by atoms with E-state index in [1.54, 1.807) is 6.07 Å². The summed E-state index contributed by atoms with van der Waals surface area (Å²) in [4.78, 5) is 15.3. The second kappa shape index (κ2) is 9.65. The number of piperidine rings is 1. The van der Waals surface area contributed by atoms with Crippen LogP contribution < -0.4 is 15.8 Å². The SMILES string of the molecule is NC1Cc2cc(Cl)cc(C(=O)NC3CCN(CCCOC4CCCC4)CC3)c2O1. The highest BCUT2D eigenvalue weighted by atomic mass is 35.5. The molecule has 29 heavy (non-hydrogen) atoms. The summed E-state index contributed by atoms with van der Waals surface area (Å²) in [6.07, 6.45) is 8.78. The number of nitrogens with zero attached hydrogens (tertiary/aromatic N) is 1. The molecule has 7 heteroatoms. The van der Waals surface area contributed by atoms with E-state index >= 15 is 0 Å². The van der Waals surface area contributed by atoms with Gasteiger partial charge in [-0.3, -0.25) is 10.5 Å². The fourth-order valence-electron chi connectivity index (χ4n) is 4.68. The zero-order chi connectivity index (χ0) is 20.2. The van der Waals surface area contributed by atoms with Crippen LogP contribution in [0.5, 0.6) is 5.75 Å². The molecular formula is C22H32ClN3O3. The zero-order valence-corrected chi connectivity index (χ0v) is 17.8. The van der Waals surface area contributed by atoms with Gasteiger partial charge in [-0.1, -0.05) is 24.4 Å². The second-order valence-corrected chi connectivity index (χ2v) is 8.96. The Bertz CT molecular complexity index is 715. The molecule has 4 rings (SSSR count). The molecule has 0 bridgehead atoms. The van der Waals surface area contributed by atoms with E-state index in [0.29, 0.717) is 28.9 Å². The maximum Gasteiger partial charge on any atom is 0.255 e. The monoisotopic (exact) mass is 421 g/mol. The van der Waals surface area contributed by atoms with E-state index in [1.807, 2.05) is 6.07 Å². The maximum atomic E-state index is 12.8. The van der Waals surface area contributed by atoms with Gasteiger partial charge in [0.25, 0.3) is 5.91 Å². The topological polar surface area (TPSA) is 76.8 Å². The number of carbonyl (C=O) groups excluding carboxylic acids is 1. The molecular weight excluding hydrogens is 390 g/mol. The number of carbonyl (C=O) groups is 1. The summed E-state index contributed by atoms with van der Waals surface area (Å²) in [6, 6.07) is 3.68. The van der Waals surface area contributed by atoms with Crippen molar-refractivity contribution in [3.63, 3.8) is 0 Å². The van der Waals surface area contributed by atoms with Crippen molar-refractivity contribution in [2.24, 2.45) is 5.73 Å². The van der Waals surface area contributed by atoms with E-state index in [-0.39, 0.29) is 11.9 Å². The minimum absolute atomic E-state index is 0.124. The number of amides is 1. The third kappa shape index (κ3) is 5.43. The van der Waals surface area contributed by atoms with Crippen LogP contribution in [0.1, 0.15) is 60.9 Å². The smallest absolute Gasteiger partial charge is 0.255 e. The summed E-state index contributed by atoms with van der Waals surface area (Å²) < 4.78 is 11.6. The van der Waals surface area contributed by atoms with Crippen LogP contribution >= 0.6 is 11.6 Å². The van der Waals surface area contributed by atoms with Gasteiger partial charge < -0.3 is 19.7 Å². The third-order valence-corrected chi connectivity index (χ3v) is 6.48. The van der Waals surface area contributed by atoms with Crippen LogP contribution in [0.2, 0.25) is 5.02 Å². The molecule has 0 spiro atoms. The lowest BCUT2D eigenvalue weighted by Gasteiger charge is -2.32. The average Bonchev–Trinajstić information content (AvgIpc) is 3.34. The number of hydrogen-bond acceptors (Lipinski definition) is 5. The van der Waals surface area contributed by atoms with Gasteiger partial charge in [-0.2, -0.15) is 0 Å². The van der Waals surface area contributed by atoms with E-state index in [2.05, 4.69) is 10.2 Å². The number of benzene rings is 1. The predicted octanol–water partition coefficient (Wildman–Crippen LogP) is 3.10. The standard InChI is InChI=1S/C22H32ClN3O3/c23-16-12-15-13-20(24)29-21(15)19(14-16)22(27)25-17-6-9-26(10-7-17)8-3-11-28-18-4-1-2-5-18/h12,14,17-18,20H,1-11,13,24H2,(H,25,27). The average molecular weight is 422 g/mol. The van der Waals surface area contributed by atoms with Gasteiger partial charge in [-0.15, -0.1) is 0 Å². The van der Waals surface area contributed by atoms with Crippen LogP contribution in [0.25, 0.3) is 0 Å². The molecule has 160 valence electrons. The number of nitrogens with one attached hydrogen (secondary N) is 1. The fourth-order valence-corrected chi connectivity index (χ4v) is 4.92. The number of rotatable bonds is 7. The highest BCUT2D eigenvalue weighted by Crippen LogP contribution is 2.34. The number of fused-ring (bicyclic) bond motifs is 1. The van der Waals surface area contributed by atoms with Crippen molar-refractivity contribution < 1.29 is 14.3 Å². The number of ether oxygens (including phenoxy) is 2. The summed E-state index contributed by atoms with van der Waals surface area (Å²) in [5, 5.41) is 3.70. The molecule has 6 nitrogen and oxygen atoms in total. The molecule has 3 N–H and O–H groups in total. The molecule has 2 aliphatic heterocycles. The molecule has 2 fully saturated rings. The lowest BCUT2D eigenvalue weighted by atomic mass is 10.0. The Morgan fingerprint density at radius 1 is 1.24 bits per heavy atom. The Morgan fingerprint density at radius 2 is 2.00 bits per heavy atom. The van der Waals surface area contributed by atoms with Crippen LogP contribution in [-0.4, -0.2) is 55.4 Å². The first-order chi connectivity index (χ1) is 14.1. The molecule has 0 aromatic heterocycles. The van der Waals surface area contributed by atoms with E-state index in [9.17, 15) is 4.79 Å². The number of halogens is 1. The summed E-state index contributed by atoms with van der Waals surface area (Å²) >= 11 is 6.19. The predicted molar refractivity (Wildman–Crippen MR) is 114 cm³/mol. The first-order valence-corrected chi connectivity index (χ1v) is 11.4. The van der Waals surface area contributed by atoms with Crippen molar-refractivity contribution in [1.82, 2.24) is 10.2 Å². The number of hydrogen-bond donors (Lipinski definition) is 2. The van der Waals surface area contributed by atoms with E-state index in [0.717, 1.165) is 51.1 Å². The first-order valence-electron chi connectivity index (χ1n) is 11.0. The minimum atomic E-state index is -0.407. The molecule has 3 aliphatic rings. The van der Waals surface area contributed by atoms with E-state index in [1.165, 1.54) is 25.7 Å². The van der Waals surface area contributed by atoms with Crippen LogP contribution in [0.4, 0.5) is 0 Å². The second-order valence-electron chi connectivity index (χ2n) is 8.52. The van der Waals surface area contributed by atoms with Crippen molar-refractivity contribution in [2.75, 3.05) is 26.2 Å². The molecule has 2 heterocycles. The van der Waals surface area contributed by atoms with Gasteiger partial charge in [0, 0.05) is 49.3 Å². The Labute approximate surface area is 178 Å². The molecule has 1 atom stereocenters. The quantitative estimate of drug-likeness (QED) is 0.661. The van der Waals surface area contributed by atoms with Crippen LogP contribution in [-0.2, 0) is 11.2 Å². The van der Waals surface area contributed by atoms with Gasteiger partial charge in [-0.25, -0.2) is 0 Å². The largest absolute Gasteiger partial charge is 0.474 e. The minimum Gasteiger partial charge on any atom is -0.474 e. The number of nitrogens with two attached hydrogens (primary N) is 1. The molecule has 1 aliphatic carbocycles. The van der Waals surface area contributed by atoms with Gasteiger partial charge in [0.15, 0.2) is 6.23 Å². The molecule has 1 amide bonds. The van der Waals surface area contributed by atoms with Crippen molar-refractivity contribution in [1.29, 1.82) is 0 Å². The molecule has 1 aromatic rings. The molecule has 1 unspecified atom stereocenters. The van der Waals surface area contributed by atoms with Crippen LogP contribution in [0.3, 0.4) is 0 Å². The Morgan fingerprint density at radius 3 is 2.76 bits per heavy atom. The normalized spacial score (nSPS) is 23.2. The van der Waals surface area contributed by atoms with Crippen molar-refractivity contribution in [3.8, 4) is 5.75 Å². The lowest BCUT2D eigenvalue weighted by molar-refractivity contribution is 0.0497. The number of likely N-dealkylation sites (tertiary alicyclic amines) is 1. The Kier molecular flexibility index (Phi) is 6.96. The van der Waals surface area contributed by atoms with Crippen molar-refractivity contribution in [2.45, 2.75) is 69.7 Å². The third-order valence-electron chi connectivity index (χ3n) is 6.26. The Balaban J connectivity index is 1.20. The molecule has 0 radical (unpaired) electrons. The highest BCUT2D eigenvalue weighted by molar-refractivity contribution is 6.31. The first kappa shape index (κ1) is 20.9. The van der Waals surface area contributed by atoms with E-state index < -0.39 is 6.23 Å². The molecule has 1 aromatic carbocycles. The van der Waals surface area contributed by atoms with Gasteiger partial charge in [0.05, 0.1) is 11.7 Å². The molecule has 1 saturated heterocycles. The summed E-state index contributed by atoms with van der Waals surface area (Å²) in [5.41, 5.74) is 7.28. The molecule has 1 saturated carbocycles. The van der Waals surface area contributed by atoms with E-state index in [4.69, 9.17) is 26.8 Å². The highest BCUT2D eigenvalue weighted by Gasteiger charge is 2.28. The summed E-state index contributed by atoms with van der Waals surface area (Å²) in [6.45, 7) is 3.94. The van der Waals surface area contributed by atoms with Crippen molar-refractivity contribution in [3.05, 3.63) is 28.3 Å². The van der Waals surface area contributed by atoms with Gasteiger partial charge in [-0.05, 0) is 44.2 Å². The Hall–Kier alpha value is -1.34. The zero-order valence-electron chi connectivity index (χ0n) is 17.0. The maximum absolute atomic E-state index is 12.8. The van der Waals surface area contributed by atoms with Crippen LogP contribution in [0.15, 0.2) is 12.1 Å². The van der Waals surface area contributed by atoms with Gasteiger partial charge >= 0.3 is 0 Å². The van der Waals surface area contributed by atoms with Gasteiger partial charge in [0.1, 0.15) is 5.75 Å². The lowest BCUT2D eigenvalue weighted by Crippen LogP contribution is -2.45. The fraction of sp³-hybridized carbons (Fsp3) is 0.682. The van der Waals surface area contributed by atoms with Gasteiger partial charge in [0.2, 0.25) is 0 Å².